The minimum absolute atomic E-state index is 0.0157. The first-order valence-corrected chi connectivity index (χ1v) is 7.75. The average molecular weight is 302 g/mol. The first kappa shape index (κ1) is 14.9. The number of aromatic nitrogens is 1. The van der Waals surface area contributed by atoms with E-state index in [0.717, 1.165) is 16.7 Å². The minimum Gasteiger partial charge on any atom is -0.483 e. The molecule has 1 aliphatic rings. The number of ether oxygens (including phenoxy) is 2. The number of hydrogen-bond donors (Lipinski definition) is 1. The molecule has 0 spiro atoms. The summed E-state index contributed by atoms with van der Waals surface area (Å²) in [6, 6.07) is 5.89. The van der Waals surface area contributed by atoms with Crippen LogP contribution < -0.4 is 4.74 Å². The molecular formula is C17H22N2O3. The lowest BCUT2D eigenvalue weighted by atomic mass is 10.0. The summed E-state index contributed by atoms with van der Waals surface area (Å²) in [5.74, 6) is 1.18. The van der Waals surface area contributed by atoms with Crippen molar-refractivity contribution in [2.75, 3.05) is 32.9 Å². The van der Waals surface area contributed by atoms with Gasteiger partial charge in [-0.2, -0.15) is 0 Å². The molecule has 0 aliphatic carbocycles. The smallest absolute Gasteiger partial charge is 0.260 e. The molecule has 22 heavy (non-hydrogen) atoms. The first-order chi connectivity index (χ1) is 10.7. The predicted molar refractivity (Wildman–Crippen MR) is 85.3 cm³/mol. The molecule has 0 atom stereocenters. The number of rotatable bonds is 4. The van der Waals surface area contributed by atoms with Crippen molar-refractivity contribution < 1.29 is 14.3 Å². The van der Waals surface area contributed by atoms with E-state index in [1.807, 2.05) is 24.4 Å². The fourth-order valence-electron chi connectivity index (χ4n) is 2.80. The molecule has 0 saturated carbocycles. The molecule has 1 amide bonds. The largest absolute Gasteiger partial charge is 0.483 e. The second kappa shape index (κ2) is 6.40. The summed E-state index contributed by atoms with van der Waals surface area (Å²) >= 11 is 0. The molecule has 118 valence electrons. The molecule has 1 N–H and O–H groups in total. The normalized spacial score (nSPS) is 15.5. The topological polar surface area (TPSA) is 54.6 Å². The van der Waals surface area contributed by atoms with Gasteiger partial charge in [0.15, 0.2) is 6.61 Å². The summed E-state index contributed by atoms with van der Waals surface area (Å²) in [4.78, 5) is 17.3. The maximum absolute atomic E-state index is 12.2. The average Bonchev–Trinajstić information content (AvgIpc) is 2.98. The molecular weight excluding hydrogens is 280 g/mol. The highest BCUT2D eigenvalue weighted by Gasteiger charge is 2.18. The molecule has 0 bridgehead atoms. The Morgan fingerprint density at radius 3 is 2.86 bits per heavy atom. The van der Waals surface area contributed by atoms with Crippen LogP contribution in [0, 0.1) is 0 Å². The summed E-state index contributed by atoms with van der Waals surface area (Å²) in [7, 11) is 0. The van der Waals surface area contributed by atoms with Crippen molar-refractivity contribution in [3.05, 3.63) is 30.0 Å². The van der Waals surface area contributed by atoms with E-state index in [1.54, 1.807) is 4.90 Å². The molecule has 2 aromatic rings. The monoisotopic (exact) mass is 302 g/mol. The molecule has 1 aliphatic heterocycles. The molecule has 5 heteroatoms. The van der Waals surface area contributed by atoms with Crippen molar-refractivity contribution in [2.24, 2.45) is 0 Å². The molecule has 1 aromatic carbocycles. The molecule has 3 rings (SSSR count). The van der Waals surface area contributed by atoms with E-state index in [4.69, 9.17) is 9.47 Å². The van der Waals surface area contributed by atoms with Crippen molar-refractivity contribution in [1.82, 2.24) is 9.88 Å². The Balaban J connectivity index is 1.76. The zero-order valence-corrected chi connectivity index (χ0v) is 13.1. The highest BCUT2D eigenvalue weighted by Crippen LogP contribution is 2.32. The summed E-state index contributed by atoms with van der Waals surface area (Å²) in [6.07, 6.45) is 2.02. The van der Waals surface area contributed by atoms with E-state index in [2.05, 4.69) is 18.8 Å². The third-order valence-corrected chi connectivity index (χ3v) is 4.04. The summed E-state index contributed by atoms with van der Waals surface area (Å²) < 4.78 is 11.1. The third kappa shape index (κ3) is 2.95. The van der Waals surface area contributed by atoms with Gasteiger partial charge in [-0.1, -0.05) is 19.9 Å². The Kier molecular flexibility index (Phi) is 4.34. The van der Waals surface area contributed by atoms with E-state index in [1.165, 1.54) is 5.56 Å². The number of nitrogens with zero attached hydrogens (tertiary/aromatic N) is 1. The number of fused-ring (bicyclic) bond motifs is 1. The molecule has 1 saturated heterocycles. The maximum Gasteiger partial charge on any atom is 0.260 e. The van der Waals surface area contributed by atoms with Crippen molar-refractivity contribution in [3.63, 3.8) is 0 Å². The van der Waals surface area contributed by atoms with E-state index in [9.17, 15) is 4.79 Å². The van der Waals surface area contributed by atoms with Gasteiger partial charge in [-0.25, -0.2) is 0 Å². The van der Waals surface area contributed by atoms with Gasteiger partial charge in [0.05, 0.1) is 13.2 Å². The maximum atomic E-state index is 12.2. The van der Waals surface area contributed by atoms with E-state index >= 15 is 0 Å². The van der Waals surface area contributed by atoms with Gasteiger partial charge < -0.3 is 19.4 Å². The van der Waals surface area contributed by atoms with Crippen LogP contribution in [0.2, 0.25) is 0 Å². The fourth-order valence-corrected chi connectivity index (χ4v) is 2.80. The van der Waals surface area contributed by atoms with Gasteiger partial charge in [0, 0.05) is 30.2 Å². The Morgan fingerprint density at radius 2 is 2.14 bits per heavy atom. The predicted octanol–water partition coefficient (Wildman–Crippen LogP) is 2.53. The van der Waals surface area contributed by atoms with E-state index < -0.39 is 0 Å². The van der Waals surface area contributed by atoms with Crippen LogP contribution in [0.1, 0.15) is 25.3 Å². The Labute approximate surface area is 130 Å². The number of benzene rings is 1. The number of carbonyl (C=O) groups is 1. The van der Waals surface area contributed by atoms with Gasteiger partial charge in [-0.15, -0.1) is 0 Å². The Bertz CT molecular complexity index is 657. The molecule has 0 radical (unpaired) electrons. The van der Waals surface area contributed by atoms with Crippen LogP contribution in [0.3, 0.4) is 0 Å². The number of amides is 1. The quantitative estimate of drug-likeness (QED) is 0.944. The third-order valence-electron chi connectivity index (χ3n) is 4.04. The van der Waals surface area contributed by atoms with Crippen molar-refractivity contribution >= 4 is 16.8 Å². The SMILES string of the molecule is CC(C)c1c[nH]c2cccc(OCC(=O)N3CCOCC3)c12. The van der Waals surface area contributed by atoms with Crippen LogP contribution >= 0.6 is 0 Å². The highest BCUT2D eigenvalue weighted by molar-refractivity contribution is 5.90. The lowest BCUT2D eigenvalue weighted by Crippen LogP contribution is -2.42. The number of nitrogens with one attached hydrogen (secondary N) is 1. The van der Waals surface area contributed by atoms with Crippen LogP contribution in [0.15, 0.2) is 24.4 Å². The van der Waals surface area contributed by atoms with Gasteiger partial charge >= 0.3 is 0 Å². The lowest BCUT2D eigenvalue weighted by Gasteiger charge is -2.26. The lowest BCUT2D eigenvalue weighted by molar-refractivity contribution is -0.137. The second-order valence-corrected chi connectivity index (χ2v) is 5.86. The second-order valence-electron chi connectivity index (χ2n) is 5.86. The number of morpholine rings is 1. The molecule has 2 heterocycles. The van der Waals surface area contributed by atoms with Gasteiger partial charge in [0.25, 0.3) is 5.91 Å². The van der Waals surface area contributed by atoms with Crippen molar-refractivity contribution in [3.8, 4) is 5.75 Å². The summed E-state index contributed by atoms with van der Waals surface area (Å²) in [5, 5.41) is 1.08. The number of hydrogen-bond acceptors (Lipinski definition) is 3. The van der Waals surface area contributed by atoms with Gasteiger partial charge in [0.1, 0.15) is 5.75 Å². The summed E-state index contributed by atoms with van der Waals surface area (Å²) in [6.45, 7) is 6.88. The Morgan fingerprint density at radius 1 is 1.36 bits per heavy atom. The van der Waals surface area contributed by atoms with Crippen molar-refractivity contribution in [2.45, 2.75) is 19.8 Å². The molecule has 5 nitrogen and oxygen atoms in total. The Hall–Kier alpha value is -2.01. The van der Waals surface area contributed by atoms with E-state index in [-0.39, 0.29) is 12.5 Å². The van der Waals surface area contributed by atoms with Crippen LogP contribution in [-0.4, -0.2) is 48.7 Å². The first-order valence-electron chi connectivity index (χ1n) is 7.75. The fraction of sp³-hybridized carbons (Fsp3) is 0.471. The van der Waals surface area contributed by atoms with Crippen molar-refractivity contribution in [1.29, 1.82) is 0 Å². The van der Waals surface area contributed by atoms with E-state index in [0.29, 0.717) is 32.2 Å². The highest BCUT2D eigenvalue weighted by atomic mass is 16.5. The zero-order chi connectivity index (χ0) is 15.5. The van der Waals surface area contributed by atoms with Gasteiger partial charge in [0.2, 0.25) is 0 Å². The van der Waals surface area contributed by atoms with Crippen LogP contribution in [0.4, 0.5) is 0 Å². The van der Waals surface area contributed by atoms with Gasteiger partial charge in [-0.3, -0.25) is 4.79 Å². The number of aromatic amines is 1. The minimum atomic E-state index is 0.0157. The van der Waals surface area contributed by atoms with Crippen LogP contribution in [-0.2, 0) is 9.53 Å². The standard InChI is InChI=1S/C17H22N2O3/c1-12(2)13-10-18-14-4-3-5-15(17(13)14)22-11-16(20)19-6-8-21-9-7-19/h3-5,10,12,18H,6-9,11H2,1-2H3. The van der Waals surface area contributed by atoms with Crippen LogP contribution in [0.25, 0.3) is 10.9 Å². The number of H-pyrrole nitrogens is 1. The zero-order valence-electron chi connectivity index (χ0n) is 13.1. The summed E-state index contributed by atoms with van der Waals surface area (Å²) in [5.41, 5.74) is 2.25. The van der Waals surface area contributed by atoms with Crippen LogP contribution in [0.5, 0.6) is 5.75 Å². The number of carbonyl (C=O) groups excluding carboxylic acids is 1. The molecule has 1 fully saturated rings. The molecule has 0 unspecified atom stereocenters. The molecule has 1 aromatic heterocycles. The van der Waals surface area contributed by atoms with Gasteiger partial charge in [-0.05, 0) is 23.6 Å².